The van der Waals surface area contributed by atoms with Crippen molar-refractivity contribution in [1.82, 2.24) is 0 Å². The van der Waals surface area contributed by atoms with E-state index < -0.39 is 0 Å². The van der Waals surface area contributed by atoms with Gasteiger partial charge in [-0.1, -0.05) is 65.2 Å². The van der Waals surface area contributed by atoms with Gasteiger partial charge < -0.3 is 0 Å². The minimum Gasteiger partial charge on any atom is -0.0803 e. The van der Waals surface area contributed by atoms with E-state index in [4.69, 9.17) is 0 Å². The molecule has 0 radical (unpaired) electrons. The lowest BCUT2D eigenvalue weighted by atomic mass is 10.2. The molecule has 0 aromatic heterocycles. The van der Waals surface area contributed by atoms with E-state index in [0.29, 0.717) is 0 Å². The predicted molar refractivity (Wildman–Crippen MR) is 75.4 cm³/mol. The van der Waals surface area contributed by atoms with Gasteiger partial charge in [-0.2, -0.15) is 0 Å². The lowest BCUT2D eigenvalue weighted by molar-refractivity contribution is 1.15. The van der Waals surface area contributed by atoms with Crippen LogP contribution in [0.5, 0.6) is 0 Å². The van der Waals surface area contributed by atoms with E-state index in [0.717, 1.165) is 5.54 Å². The first-order chi connectivity index (χ1) is 7.67. The van der Waals surface area contributed by atoms with E-state index in [9.17, 15) is 0 Å². The standard InChI is InChI=1S/C15H20Si/c1-4-13-5-6-14(10-13)16-15-8-11(2)7-12(3)9-15/h5-10,14H,4,16H2,1-3H3. The van der Waals surface area contributed by atoms with Crippen LogP contribution in [0, 0.1) is 13.8 Å². The average Bonchev–Trinajstić information content (AvgIpc) is 2.64. The van der Waals surface area contributed by atoms with Crippen molar-refractivity contribution in [3.63, 3.8) is 0 Å². The Bertz CT molecular complexity index is 420. The molecule has 1 aromatic carbocycles. The van der Waals surface area contributed by atoms with E-state index in [2.05, 4.69) is 57.2 Å². The third-order valence-corrected chi connectivity index (χ3v) is 5.01. The van der Waals surface area contributed by atoms with Gasteiger partial charge in [-0.15, -0.1) is 0 Å². The molecule has 0 amide bonds. The maximum absolute atomic E-state index is 2.46. The van der Waals surface area contributed by atoms with Gasteiger partial charge in [-0.3, -0.25) is 0 Å². The van der Waals surface area contributed by atoms with Crippen molar-refractivity contribution >= 4 is 14.7 Å². The summed E-state index contributed by atoms with van der Waals surface area (Å²) >= 11 is 0. The minimum atomic E-state index is -0.182. The van der Waals surface area contributed by atoms with Crippen molar-refractivity contribution in [2.45, 2.75) is 32.7 Å². The Hall–Kier alpha value is -1.08. The topological polar surface area (TPSA) is 0 Å². The molecule has 1 aliphatic rings. The third kappa shape index (κ3) is 2.73. The number of benzene rings is 1. The van der Waals surface area contributed by atoms with E-state index in [1.54, 1.807) is 5.19 Å². The van der Waals surface area contributed by atoms with Crippen LogP contribution in [-0.2, 0) is 0 Å². The summed E-state index contributed by atoms with van der Waals surface area (Å²) in [6, 6.07) is 6.99. The molecule has 0 fully saturated rings. The van der Waals surface area contributed by atoms with Gasteiger partial charge in [0.25, 0.3) is 0 Å². The molecule has 1 heteroatoms. The Morgan fingerprint density at radius 2 is 1.81 bits per heavy atom. The Morgan fingerprint density at radius 1 is 1.12 bits per heavy atom. The quantitative estimate of drug-likeness (QED) is 0.698. The second-order valence-corrected chi connectivity index (χ2v) is 6.99. The Balaban J connectivity index is 2.11. The van der Waals surface area contributed by atoms with Gasteiger partial charge in [0.05, 0.1) is 9.52 Å². The van der Waals surface area contributed by atoms with Gasteiger partial charge in [-0.25, -0.2) is 0 Å². The summed E-state index contributed by atoms with van der Waals surface area (Å²) in [6.45, 7) is 6.63. The van der Waals surface area contributed by atoms with Crippen LogP contribution >= 0.6 is 0 Å². The second kappa shape index (κ2) is 4.83. The molecule has 1 unspecified atom stereocenters. The number of rotatable bonds is 3. The van der Waals surface area contributed by atoms with Crippen LogP contribution in [0.4, 0.5) is 0 Å². The monoisotopic (exact) mass is 228 g/mol. The number of allylic oxidation sites excluding steroid dienone is 4. The fraction of sp³-hybridized carbons (Fsp3) is 0.333. The van der Waals surface area contributed by atoms with Crippen molar-refractivity contribution in [2.24, 2.45) is 0 Å². The molecule has 0 spiro atoms. The van der Waals surface area contributed by atoms with Crippen LogP contribution in [0.15, 0.2) is 42.0 Å². The molecule has 0 N–H and O–H groups in total. The number of hydrogen-bond acceptors (Lipinski definition) is 0. The van der Waals surface area contributed by atoms with Gasteiger partial charge in [0.15, 0.2) is 0 Å². The SMILES string of the molecule is CCC1=CC([SiH2]c2cc(C)cc(C)c2)C=C1. The van der Waals surface area contributed by atoms with Crippen LogP contribution in [0.1, 0.15) is 24.5 Å². The lowest BCUT2D eigenvalue weighted by Gasteiger charge is -2.07. The molecular weight excluding hydrogens is 208 g/mol. The highest BCUT2D eigenvalue weighted by Crippen LogP contribution is 2.22. The Kier molecular flexibility index (Phi) is 3.45. The first-order valence-corrected chi connectivity index (χ1v) is 7.66. The highest BCUT2D eigenvalue weighted by atomic mass is 28.2. The van der Waals surface area contributed by atoms with Crippen molar-refractivity contribution in [3.05, 3.63) is 53.1 Å². The summed E-state index contributed by atoms with van der Waals surface area (Å²) in [4.78, 5) is 0. The molecule has 0 nitrogen and oxygen atoms in total. The second-order valence-electron chi connectivity index (χ2n) is 4.82. The summed E-state index contributed by atoms with van der Waals surface area (Å²) in [5.41, 5.74) is 5.08. The van der Waals surface area contributed by atoms with E-state index in [1.807, 2.05) is 0 Å². The molecule has 0 saturated carbocycles. The summed E-state index contributed by atoms with van der Waals surface area (Å²) in [5.74, 6) is 0. The zero-order chi connectivity index (χ0) is 11.5. The van der Waals surface area contributed by atoms with E-state index >= 15 is 0 Å². The number of aryl methyl sites for hydroxylation is 2. The van der Waals surface area contributed by atoms with Crippen molar-refractivity contribution in [2.75, 3.05) is 0 Å². The van der Waals surface area contributed by atoms with Gasteiger partial charge in [0, 0.05) is 0 Å². The zero-order valence-corrected chi connectivity index (χ0v) is 11.9. The fourth-order valence-electron chi connectivity index (χ4n) is 2.45. The van der Waals surface area contributed by atoms with Crippen LogP contribution in [-0.4, -0.2) is 9.52 Å². The van der Waals surface area contributed by atoms with E-state index in [-0.39, 0.29) is 9.52 Å². The summed E-state index contributed by atoms with van der Waals surface area (Å²) in [7, 11) is -0.182. The molecule has 1 atom stereocenters. The maximum Gasteiger partial charge on any atom is 0.0664 e. The van der Waals surface area contributed by atoms with Crippen LogP contribution in [0.3, 0.4) is 0 Å². The summed E-state index contributed by atoms with van der Waals surface area (Å²) < 4.78 is 0. The molecule has 16 heavy (non-hydrogen) atoms. The smallest absolute Gasteiger partial charge is 0.0664 e. The highest BCUT2D eigenvalue weighted by molar-refractivity contribution is 6.56. The molecule has 0 aliphatic heterocycles. The van der Waals surface area contributed by atoms with Crippen molar-refractivity contribution in [3.8, 4) is 0 Å². The van der Waals surface area contributed by atoms with Crippen LogP contribution in [0.2, 0.25) is 5.54 Å². The molecule has 0 heterocycles. The van der Waals surface area contributed by atoms with Gasteiger partial charge in [0.2, 0.25) is 0 Å². The summed E-state index contributed by atoms with van der Waals surface area (Å²) in [5, 5.41) is 1.60. The Labute approximate surface area is 101 Å². The molecule has 84 valence electrons. The van der Waals surface area contributed by atoms with Gasteiger partial charge in [-0.05, 0) is 25.8 Å². The van der Waals surface area contributed by atoms with Crippen molar-refractivity contribution < 1.29 is 0 Å². The first kappa shape index (κ1) is 11.4. The largest absolute Gasteiger partial charge is 0.0803 e. The van der Waals surface area contributed by atoms with Crippen LogP contribution < -0.4 is 5.19 Å². The molecule has 1 aliphatic carbocycles. The molecule has 1 aromatic rings. The highest BCUT2D eigenvalue weighted by Gasteiger charge is 2.10. The third-order valence-electron chi connectivity index (χ3n) is 3.15. The molecule has 0 saturated heterocycles. The van der Waals surface area contributed by atoms with E-state index in [1.165, 1.54) is 23.1 Å². The Morgan fingerprint density at radius 3 is 2.38 bits per heavy atom. The fourth-order valence-corrected chi connectivity index (χ4v) is 4.57. The zero-order valence-electron chi connectivity index (χ0n) is 10.5. The van der Waals surface area contributed by atoms with Crippen LogP contribution in [0.25, 0.3) is 0 Å². The van der Waals surface area contributed by atoms with Gasteiger partial charge >= 0.3 is 0 Å². The average molecular weight is 228 g/mol. The first-order valence-electron chi connectivity index (χ1n) is 6.13. The minimum absolute atomic E-state index is 0.182. The molecule has 2 rings (SSSR count). The molecular formula is C15H20Si. The van der Waals surface area contributed by atoms with Gasteiger partial charge in [0.1, 0.15) is 0 Å². The number of hydrogen-bond donors (Lipinski definition) is 0. The predicted octanol–water partition coefficient (Wildman–Crippen LogP) is 2.79. The normalized spacial score (nSPS) is 19.7. The summed E-state index contributed by atoms with van der Waals surface area (Å²) in [6.07, 6.45) is 8.33. The maximum atomic E-state index is 2.46. The molecule has 0 bridgehead atoms. The van der Waals surface area contributed by atoms with Crippen molar-refractivity contribution in [1.29, 1.82) is 0 Å². The lowest BCUT2D eigenvalue weighted by Crippen LogP contribution is -2.17.